The number of carbonyl (C=O) groups excluding carboxylic acids is 1. The normalized spacial score (nSPS) is 27.4. The maximum atomic E-state index is 12.2. The van der Waals surface area contributed by atoms with Gasteiger partial charge in [-0.3, -0.25) is 4.79 Å². The zero-order chi connectivity index (χ0) is 12.4. The molecule has 18 heavy (non-hydrogen) atoms. The highest BCUT2D eigenvalue weighted by Gasteiger charge is 2.29. The van der Waals surface area contributed by atoms with Gasteiger partial charge < -0.3 is 10.6 Å². The van der Waals surface area contributed by atoms with Gasteiger partial charge in [-0.15, -0.1) is 23.7 Å². The van der Waals surface area contributed by atoms with Crippen LogP contribution in [0.5, 0.6) is 0 Å². The fourth-order valence-electron chi connectivity index (χ4n) is 2.43. The molecule has 1 aliphatic heterocycles. The molecule has 102 valence electrons. The molecule has 1 aromatic heterocycles. The zero-order valence-electron chi connectivity index (χ0n) is 11.0. The van der Waals surface area contributed by atoms with Crippen molar-refractivity contribution in [2.75, 3.05) is 6.54 Å². The van der Waals surface area contributed by atoms with Crippen LogP contribution in [0.4, 0.5) is 0 Å². The zero-order valence-corrected chi connectivity index (χ0v) is 12.7. The van der Waals surface area contributed by atoms with Crippen LogP contribution in [0.25, 0.3) is 0 Å². The Labute approximate surface area is 119 Å². The van der Waals surface area contributed by atoms with Crippen LogP contribution < -0.4 is 10.6 Å². The van der Waals surface area contributed by atoms with E-state index in [1.165, 1.54) is 11.3 Å². The molecule has 0 aliphatic carbocycles. The van der Waals surface area contributed by atoms with E-state index in [-0.39, 0.29) is 24.4 Å². The molecule has 5 heteroatoms. The molecule has 0 bridgehead atoms. The number of nitrogens with one attached hydrogen (secondary N) is 2. The lowest BCUT2D eigenvalue weighted by Crippen LogP contribution is -2.55. The predicted molar refractivity (Wildman–Crippen MR) is 78.8 cm³/mol. The summed E-state index contributed by atoms with van der Waals surface area (Å²) in [7, 11) is 0. The molecular weight excluding hydrogens is 268 g/mol. The van der Waals surface area contributed by atoms with Crippen molar-refractivity contribution in [3.8, 4) is 0 Å². The summed E-state index contributed by atoms with van der Waals surface area (Å²) >= 11 is 1.52. The van der Waals surface area contributed by atoms with Gasteiger partial charge in [0.25, 0.3) is 5.91 Å². The van der Waals surface area contributed by atoms with Crippen LogP contribution in [0.2, 0.25) is 0 Å². The lowest BCUT2D eigenvalue weighted by atomic mass is 9.89. The molecular formula is C13H21ClN2OS. The average molecular weight is 289 g/mol. The van der Waals surface area contributed by atoms with E-state index in [2.05, 4.69) is 24.5 Å². The van der Waals surface area contributed by atoms with E-state index < -0.39 is 0 Å². The van der Waals surface area contributed by atoms with Gasteiger partial charge in [0.15, 0.2) is 0 Å². The smallest absolute Gasteiger partial charge is 0.261 e. The number of amides is 1. The van der Waals surface area contributed by atoms with E-state index in [1.54, 1.807) is 0 Å². The van der Waals surface area contributed by atoms with Crippen molar-refractivity contribution < 1.29 is 4.79 Å². The molecule has 0 radical (unpaired) electrons. The number of halogens is 1. The molecule has 3 nitrogen and oxygen atoms in total. The van der Waals surface area contributed by atoms with E-state index in [4.69, 9.17) is 0 Å². The molecule has 1 saturated heterocycles. The van der Waals surface area contributed by atoms with Crippen LogP contribution in [-0.2, 0) is 0 Å². The molecule has 3 unspecified atom stereocenters. The van der Waals surface area contributed by atoms with Gasteiger partial charge >= 0.3 is 0 Å². The molecule has 0 spiro atoms. The first-order valence-corrected chi connectivity index (χ1v) is 7.06. The Kier molecular flexibility index (Phi) is 5.63. The molecule has 0 saturated carbocycles. The summed E-state index contributed by atoms with van der Waals surface area (Å²) in [6.45, 7) is 7.38. The van der Waals surface area contributed by atoms with E-state index in [0.29, 0.717) is 12.0 Å². The first-order chi connectivity index (χ1) is 8.09. The second kappa shape index (κ2) is 6.55. The van der Waals surface area contributed by atoms with Crippen LogP contribution in [-0.4, -0.2) is 24.5 Å². The Morgan fingerprint density at radius 1 is 1.50 bits per heavy atom. The number of aryl methyl sites for hydroxylation is 1. The van der Waals surface area contributed by atoms with Crippen LogP contribution in [0, 0.1) is 12.8 Å². The highest BCUT2D eigenvalue weighted by atomic mass is 35.5. The van der Waals surface area contributed by atoms with Crippen LogP contribution >= 0.6 is 23.7 Å². The minimum Gasteiger partial charge on any atom is -0.347 e. The summed E-state index contributed by atoms with van der Waals surface area (Å²) in [5.74, 6) is 0.611. The fourth-order valence-corrected chi connectivity index (χ4v) is 3.26. The summed E-state index contributed by atoms with van der Waals surface area (Å²) in [5, 5.41) is 8.56. The van der Waals surface area contributed by atoms with Gasteiger partial charge in [-0.05, 0) is 49.7 Å². The van der Waals surface area contributed by atoms with E-state index in [9.17, 15) is 4.79 Å². The summed E-state index contributed by atoms with van der Waals surface area (Å²) in [5.41, 5.74) is 1.07. The summed E-state index contributed by atoms with van der Waals surface area (Å²) < 4.78 is 0. The molecule has 1 aliphatic rings. The molecule has 1 fully saturated rings. The van der Waals surface area contributed by atoms with Gasteiger partial charge in [0.05, 0.1) is 4.88 Å². The van der Waals surface area contributed by atoms with E-state index >= 15 is 0 Å². The van der Waals surface area contributed by atoms with Crippen molar-refractivity contribution in [1.82, 2.24) is 10.6 Å². The number of hydrogen-bond acceptors (Lipinski definition) is 3. The van der Waals surface area contributed by atoms with Gasteiger partial charge in [-0.1, -0.05) is 6.92 Å². The second-order valence-electron chi connectivity index (χ2n) is 4.94. The van der Waals surface area contributed by atoms with E-state index in [0.717, 1.165) is 23.4 Å². The van der Waals surface area contributed by atoms with Crippen LogP contribution in [0.15, 0.2) is 11.4 Å². The number of carbonyl (C=O) groups is 1. The largest absolute Gasteiger partial charge is 0.347 e. The van der Waals surface area contributed by atoms with Crippen LogP contribution in [0.3, 0.4) is 0 Å². The minimum atomic E-state index is 0. The number of hydrogen-bond donors (Lipinski definition) is 2. The molecule has 3 atom stereocenters. The highest BCUT2D eigenvalue weighted by molar-refractivity contribution is 7.12. The number of piperidine rings is 1. The Hall–Kier alpha value is -0.580. The highest BCUT2D eigenvalue weighted by Crippen LogP contribution is 2.19. The Morgan fingerprint density at radius 2 is 2.22 bits per heavy atom. The molecule has 1 amide bonds. The van der Waals surface area contributed by atoms with Gasteiger partial charge in [-0.25, -0.2) is 0 Å². The maximum absolute atomic E-state index is 12.2. The second-order valence-corrected chi connectivity index (χ2v) is 5.86. The summed E-state index contributed by atoms with van der Waals surface area (Å²) in [6.07, 6.45) is 1.12. The Balaban J connectivity index is 0.00000162. The molecule has 2 heterocycles. The topological polar surface area (TPSA) is 41.1 Å². The van der Waals surface area contributed by atoms with Gasteiger partial charge in [0.1, 0.15) is 0 Å². The minimum absolute atomic E-state index is 0. The lowest BCUT2D eigenvalue weighted by Gasteiger charge is -2.35. The summed E-state index contributed by atoms with van der Waals surface area (Å²) in [4.78, 5) is 13.0. The standard InChI is InChI=1S/C13H20N2OS.ClH/c1-8-4-6-14-10(3)11(8)15-13(16)12-9(2)5-7-17-12;/h5,7-8,10-11,14H,4,6H2,1-3H3,(H,15,16);1H. The first-order valence-electron chi connectivity index (χ1n) is 6.18. The van der Waals surface area contributed by atoms with Gasteiger partial charge in [0, 0.05) is 12.1 Å². The van der Waals surface area contributed by atoms with Crippen molar-refractivity contribution in [2.45, 2.75) is 39.3 Å². The van der Waals surface area contributed by atoms with Crippen molar-refractivity contribution in [2.24, 2.45) is 5.92 Å². The molecule has 0 aromatic carbocycles. The number of thiophene rings is 1. The Bertz CT molecular complexity index is 397. The van der Waals surface area contributed by atoms with Crippen molar-refractivity contribution in [3.63, 3.8) is 0 Å². The predicted octanol–water partition coefficient (Wildman–Crippen LogP) is 2.59. The van der Waals surface area contributed by atoms with Gasteiger partial charge in [0.2, 0.25) is 0 Å². The molecule has 2 N–H and O–H groups in total. The van der Waals surface area contributed by atoms with Crippen molar-refractivity contribution in [1.29, 1.82) is 0 Å². The van der Waals surface area contributed by atoms with Crippen molar-refractivity contribution in [3.05, 3.63) is 21.9 Å². The van der Waals surface area contributed by atoms with Crippen molar-refractivity contribution >= 4 is 29.7 Å². The van der Waals surface area contributed by atoms with Crippen LogP contribution in [0.1, 0.15) is 35.5 Å². The Morgan fingerprint density at radius 3 is 2.78 bits per heavy atom. The quantitative estimate of drug-likeness (QED) is 0.878. The maximum Gasteiger partial charge on any atom is 0.261 e. The molecule has 2 rings (SSSR count). The fraction of sp³-hybridized carbons (Fsp3) is 0.615. The average Bonchev–Trinajstić information content (AvgIpc) is 2.70. The van der Waals surface area contributed by atoms with E-state index in [1.807, 2.05) is 18.4 Å². The third-order valence-electron chi connectivity index (χ3n) is 3.58. The van der Waals surface area contributed by atoms with Gasteiger partial charge in [-0.2, -0.15) is 0 Å². The summed E-state index contributed by atoms with van der Waals surface area (Å²) in [6, 6.07) is 2.58. The third kappa shape index (κ3) is 3.25. The number of rotatable bonds is 2. The molecule has 1 aromatic rings. The third-order valence-corrected chi connectivity index (χ3v) is 4.60. The lowest BCUT2D eigenvalue weighted by molar-refractivity contribution is 0.0901. The monoisotopic (exact) mass is 288 g/mol. The first kappa shape index (κ1) is 15.5. The SMILES string of the molecule is Cc1ccsc1C(=O)NC1C(C)CCNC1C.Cl.